The minimum absolute atomic E-state index is 0.0696. The van der Waals surface area contributed by atoms with Gasteiger partial charge in [0.25, 0.3) is 0 Å². The third kappa shape index (κ3) is 2.82. The molecule has 3 rings (SSSR count). The SMILES string of the molecule is O=C1NCCN1C1CCCN(Cc2nnsc2Cl)C1. The monoisotopic (exact) mass is 301 g/mol. The molecule has 19 heavy (non-hydrogen) atoms. The summed E-state index contributed by atoms with van der Waals surface area (Å²) in [6.07, 6.45) is 2.18. The summed E-state index contributed by atoms with van der Waals surface area (Å²) in [7, 11) is 0. The van der Waals surface area contributed by atoms with Crippen LogP contribution in [0, 0.1) is 0 Å². The molecule has 1 unspecified atom stereocenters. The van der Waals surface area contributed by atoms with E-state index in [4.69, 9.17) is 11.6 Å². The molecule has 104 valence electrons. The minimum Gasteiger partial charge on any atom is -0.336 e. The number of amides is 2. The molecule has 1 N–H and O–H groups in total. The van der Waals surface area contributed by atoms with Crippen molar-refractivity contribution >= 4 is 29.2 Å². The van der Waals surface area contributed by atoms with E-state index in [2.05, 4.69) is 19.8 Å². The van der Waals surface area contributed by atoms with Crippen molar-refractivity contribution in [2.24, 2.45) is 0 Å². The van der Waals surface area contributed by atoms with E-state index in [0.717, 1.165) is 51.3 Å². The maximum absolute atomic E-state index is 11.7. The van der Waals surface area contributed by atoms with Crippen molar-refractivity contribution in [1.29, 1.82) is 0 Å². The van der Waals surface area contributed by atoms with Crippen molar-refractivity contribution in [3.8, 4) is 0 Å². The molecule has 6 nitrogen and oxygen atoms in total. The highest BCUT2D eigenvalue weighted by Crippen LogP contribution is 2.23. The van der Waals surface area contributed by atoms with Crippen molar-refractivity contribution in [2.75, 3.05) is 26.2 Å². The fourth-order valence-electron chi connectivity index (χ4n) is 2.77. The zero-order valence-corrected chi connectivity index (χ0v) is 12.1. The number of likely N-dealkylation sites (tertiary alicyclic amines) is 1. The largest absolute Gasteiger partial charge is 0.336 e. The number of halogens is 1. The molecule has 0 radical (unpaired) electrons. The summed E-state index contributed by atoms with van der Waals surface area (Å²) in [5.41, 5.74) is 0.846. The molecule has 1 atom stereocenters. The number of piperidine rings is 1. The highest BCUT2D eigenvalue weighted by molar-refractivity contribution is 7.10. The van der Waals surface area contributed by atoms with Gasteiger partial charge < -0.3 is 10.2 Å². The van der Waals surface area contributed by atoms with E-state index >= 15 is 0 Å². The van der Waals surface area contributed by atoms with E-state index in [1.807, 2.05) is 4.90 Å². The molecular formula is C11H16ClN5OS. The maximum Gasteiger partial charge on any atom is 0.317 e. The van der Waals surface area contributed by atoms with Crippen molar-refractivity contribution < 1.29 is 4.79 Å². The molecule has 0 saturated carbocycles. The quantitative estimate of drug-likeness (QED) is 0.911. The number of nitrogens with zero attached hydrogens (tertiary/aromatic N) is 4. The summed E-state index contributed by atoms with van der Waals surface area (Å²) in [6, 6.07) is 0.377. The zero-order chi connectivity index (χ0) is 13.2. The van der Waals surface area contributed by atoms with Gasteiger partial charge in [-0.2, -0.15) is 0 Å². The van der Waals surface area contributed by atoms with Crippen LogP contribution in [0.5, 0.6) is 0 Å². The Balaban J connectivity index is 1.62. The molecule has 0 aromatic carbocycles. The Kier molecular flexibility index (Phi) is 3.86. The van der Waals surface area contributed by atoms with Gasteiger partial charge in [0.05, 0.1) is 0 Å². The average Bonchev–Trinajstić information content (AvgIpc) is 3.00. The lowest BCUT2D eigenvalue weighted by Crippen LogP contribution is -2.48. The Morgan fingerprint density at radius 2 is 2.37 bits per heavy atom. The fourth-order valence-corrected chi connectivity index (χ4v) is 3.38. The zero-order valence-electron chi connectivity index (χ0n) is 10.5. The lowest BCUT2D eigenvalue weighted by Gasteiger charge is -2.36. The second-order valence-corrected chi connectivity index (χ2v) is 6.31. The number of hydrogen-bond acceptors (Lipinski definition) is 5. The molecule has 0 bridgehead atoms. The first kappa shape index (κ1) is 13.1. The predicted molar refractivity (Wildman–Crippen MR) is 73.3 cm³/mol. The maximum atomic E-state index is 11.7. The Bertz CT molecular complexity index is 468. The number of carbonyl (C=O) groups excluding carboxylic acids is 1. The van der Waals surface area contributed by atoms with E-state index in [0.29, 0.717) is 10.4 Å². The van der Waals surface area contributed by atoms with Crippen LogP contribution in [-0.2, 0) is 6.54 Å². The molecule has 2 aliphatic rings. The topological polar surface area (TPSA) is 61.4 Å². The molecule has 1 aromatic rings. The standard InChI is InChI=1S/C11H16ClN5OS/c12-10-9(14-15-19-10)7-16-4-1-2-8(6-16)17-5-3-13-11(17)18/h8H,1-7H2,(H,13,18). The molecule has 2 saturated heterocycles. The van der Waals surface area contributed by atoms with Gasteiger partial charge in [0.15, 0.2) is 0 Å². The van der Waals surface area contributed by atoms with Gasteiger partial charge in [0.1, 0.15) is 10.0 Å². The third-order valence-corrected chi connectivity index (χ3v) is 4.68. The van der Waals surface area contributed by atoms with E-state index < -0.39 is 0 Å². The second-order valence-electron chi connectivity index (χ2n) is 4.95. The predicted octanol–water partition coefficient (Wildman–Crippen LogP) is 1.18. The van der Waals surface area contributed by atoms with Gasteiger partial charge in [-0.05, 0) is 19.4 Å². The Morgan fingerprint density at radius 3 is 3.05 bits per heavy atom. The van der Waals surface area contributed by atoms with Crippen LogP contribution in [-0.4, -0.2) is 57.6 Å². The van der Waals surface area contributed by atoms with Crippen LogP contribution in [0.4, 0.5) is 4.79 Å². The van der Waals surface area contributed by atoms with Crippen LogP contribution < -0.4 is 5.32 Å². The molecule has 0 aliphatic carbocycles. The first-order valence-electron chi connectivity index (χ1n) is 6.47. The summed E-state index contributed by atoms with van der Waals surface area (Å²) >= 11 is 7.26. The van der Waals surface area contributed by atoms with Crippen LogP contribution in [0.2, 0.25) is 4.34 Å². The fraction of sp³-hybridized carbons (Fsp3) is 0.727. The number of aromatic nitrogens is 2. The molecule has 3 heterocycles. The molecule has 2 amide bonds. The van der Waals surface area contributed by atoms with E-state index in [-0.39, 0.29) is 6.03 Å². The van der Waals surface area contributed by atoms with Crippen LogP contribution >= 0.6 is 23.1 Å². The van der Waals surface area contributed by atoms with Crippen LogP contribution in [0.15, 0.2) is 0 Å². The molecule has 2 fully saturated rings. The average molecular weight is 302 g/mol. The molecule has 1 aromatic heterocycles. The molecule has 8 heteroatoms. The molecular weight excluding hydrogens is 286 g/mol. The van der Waals surface area contributed by atoms with Gasteiger partial charge in [-0.3, -0.25) is 4.90 Å². The highest BCUT2D eigenvalue weighted by Gasteiger charge is 2.31. The van der Waals surface area contributed by atoms with Gasteiger partial charge in [0, 0.05) is 43.8 Å². The number of rotatable bonds is 3. The summed E-state index contributed by atoms with van der Waals surface area (Å²) in [6.45, 7) is 4.22. The van der Waals surface area contributed by atoms with E-state index in [1.165, 1.54) is 11.5 Å². The van der Waals surface area contributed by atoms with E-state index in [9.17, 15) is 4.79 Å². The van der Waals surface area contributed by atoms with Gasteiger partial charge >= 0.3 is 6.03 Å². The highest BCUT2D eigenvalue weighted by atomic mass is 35.5. The molecule has 2 aliphatic heterocycles. The lowest BCUT2D eigenvalue weighted by atomic mass is 10.0. The normalized spacial score (nSPS) is 24.8. The van der Waals surface area contributed by atoms with Crippen molar-refractivity contribution in [3.63, 3.8) is 0 Å². The summed E-state index contributed by atoms with van der Waals surface area (Å²) < 4.78 is 4.52. The first-order chi connectivity index (χ1) is 9.24. The van der Waals surface area contributed by atoms with Crippen molar-refractivity contribution in [2.45, 2.75) is 25.4 Å². The van der Waals surface area contributed by atoms with Gasteiger partial charge in [-0.1, -0.05) is 16.1 Å². The van der Waals surface area contributed by atoms with E-state index in [1.54, 1.807) is 0 Å². The first-order valence-corrected chi connectivity index (χ1v) is 7.63. The van der Waals surface area contributed by atoms with Crippen molar-refractivity contribution in [3.05, 3.63) is 10.0 Å². The number of urea groups is 1. The van der Waals surface area contributed by atoms with Crippen molar-refractivity contribution in [1.82, 2.24) is 24.7 Å². The Hall–Kier alpha value is -0.920. The van der Waals surface area contributed by atoms with Gasteiger partial charge in [-0.15, -0.1) is 5.10 Å². The third-order valence-electron chi connectivity index (χ3n) is 3.69. The number of nitrogens with one attached hydrogen (secondary N) is 1. The molecule has 0 spiro atoms. The number of hydrogen-bond donors (Lipinski definition) is 1. The lowest BCUT2D eigenvalue weighted by molar-refractivity contribution is 0.121. The van der Waals surface area contributed by atoms with Crippen LogP contribution in [0.3, 0.4) is 0 Å². The summed E-state index contributed by atoms with van der Waals surface area (Å²) in [4.78, 5) is 16.0. The number of carbonyl (C=O) groups is 1. The second kappa shape index (κ2) is 5.60. The summed E-state index contributed by atoms with van der Waals surface area (Å²) in [5.74, 6) is 0. The van der Waals surface area contributed by atoms with Gasteiger partial charge in [0.2, 0.25) is 0 Å². The van der Waals surface area contributed by atoms with Crippen LogP contribution in [0.25, 0.3) is 0 Å². The Labute approximate surface area is 120 Å². The van der Waals surface area contributed by atoms with Gasteiger partial charge in [-0.25, -0.2) is 4.79 Å². The minimum atomic E-state index is 0.0696. The smallest absolute Gasteiger partial charge is 0.317 e. The summed E-state index contributed by atoms with van der Waals surface area (Å²) in [5, 5.41) is 6.91. The van der Waals surface area contributed by atoms with Crippen LogP contribution in [0.1, 0.15) is 18.5 Å². The Morgan fingerprint density at radius 1 is 1.47 bits per heavy atom.